The molecule has 0 amide bonds. The van der Waals surface area contributed by atoms with Gasteiger partial charge >= 0.3 is 17.9 Å². The number of esters is 3. The summed E-state index contributed by atoms with van der Waals surface area (Å²) in [6.45, 7) is 3.26. The highest BCUT2D eigenvalue weighted by molar-refractivity contribution is 14.1. The van der Waals surface area contributed by atoms with Gasteiger partial charge in [0.1, 0.15) is 21.7 Å². The molecule has 2 saturated carbocycles. The maximum Gasteiger partial charge on any atom is 0.319 e. The van der Waals surface area contributed by atoms with Crippen LogP contribution in [0.3, 0.4) is 0 Å². The van der Waals surface area contributed by atoms with Crippen LogP contribution in [0, 0.1) is 23.7 Å². The van der Waals surface area contributed by atoms with Crippen LogP contribution in [0.15, 0.2) is 30.3 Å². The van der Waals surface area contributed by atoms with E-state index in [1.165, 1.54) is 0 Å². The summed E-state index contributed by atoms with van der Waals surface area (Å²) < 4.78 is 17.3. The quantitative estimate of drug-likeness (QED) is 0.266. The zero-order chi connectivity index (χ0) is 21.8. The van der Waals surface area contributed by atoms with Crippen molar-refractivity contribution in [2.75, 3.05) is 13.1 Å². The van der Waals surface area contributed by atoms with E-state index >= 15 is 0 Å². The number of rotatable bonds is 5. The van der Waals surface area contributed by atoms with Crippen LogP contribution in [-0.4, -0.2) is 47.1 Å². The number of hydrogen-bond acceptors (Lipinski definition) is 7. The normalized spacial score (nSPS) is 36.0. The summed E-state index contributed by atoms with van der Waals surface area (Å²) in [5.41, 5.74) is 0.262. The summed E-state index contributed by atoms with van der Waals surface area (Å²) in [6, 6.07) is 9.82. The number of alkyl halides is 1. The van der Waals surface area contributed by atoms with E-state index in [0.29, 0.717) is 19.3 Å². The highest BCUT2D eigenvalue weighted by Crippen LogP contribution is 2.59. The van der Waals surface area contributed by atoms with Crippen molar-refractivity contribution in [3.05, 3.63) is 35.9 Å². The van der Waals surface area contributed by atoms with E-state index < -0.39 is 29.6 Å². The van der Waals surface area contributed by atoms with Gasteiger partial charge < -0.3 is 19.5 Å². The summed E-state index contributed by atoms with van der Waals surface area (Å²) in [5.74, 6) is -2.53. The summed E-state index contributed by atoms with van der Waals surface area (Å²) in [4.78, 5) is 38.5. The third-order valence-electron chi connectivity index (χ3n) is 7.40. The number of benzene rings is 1. The molecule has 0 radical (unpaired) electrons. The lowest BCUT2D eigenvalue weighted by molar-refractivity contribution is -0.178. The lowest BCUT2D eigenvalue weighted by atomic mass is 9.78. The van der Waals surface area contributed by atoms with Crippen molar-refractivity contribution in [3.63, 3.8) is 0 Å². The van der Waals surface area contributed by atoms with Gasteiger partial charge in [-0.15, -0.1) is 0 Å². The van der Waals surface area contributed by atoms with Gasteiger partial charge in [-0.25, -0.2) is 0 Å². The fourth-order valence-corrected chi connectivity index (χ4v) is 6.13. The van der Waals surface area contributed by atoms with Gasteiger partial charge in [0.25, 0.3) is 0 Å². The fourth-order valence-electron chi connectivity index (χ4n) is 5.98. The van der Waals surface area contributed by atoms with Gasteiger partial charge in [-0.3, -0.25) is 14.4 Å². The van der Waals surface area contributed by atoms with Crippen molar-refractivity contribution in [1.82, 2.24) is 5.32 Å². The van der Waals surface area contributed by atoms with Crippen LogP contribution >= 0.6 is 22.6 Å². The number of carbonyl (C=O) groups is 3. The van der Waals surface area contributed by atoms with Crippen LogP contribution in [0.25, 0.3) is 0 Å². The Hall–Kier alpha value is -1.68. The van der Waals surface area contributed by atoms with Crippen molar-refractivity contribution in [2.45, 2.75) is 47.9 Å². The molecule has 4 fully saturated rings. The molecule has 2 bridgehead atoms. The molecule has 2 aliphatic carbocycles. The Morgan fingerprint density at radius 1 is 1.19 bits per heavy atom. The Labute approximate surface area is 194 Å². The average Bonchev–Trinajstić information content (AvgIpc) is 3.38. The van der Waals surface area contributed by atoms with E-state index in [0.717, 1.165) is 18.7 Å². The number of nitrogens with one attached hydrogen (secondary N) is 1. The number of carbonyl (C=O) groups excluding carboxylic acids is 3. The minimum atomic E-state index is -0.712. The number of hydrogen-bond donors (Lipinski definition) is 1. The van der Waals surface area contributed by atoms with Crippen LogP contribution < -0.4 is 5.32 Å². The molecule has 7 unspecified atom stereocenters. The molecule has 8 heteroatoms. The second-order valence-electron chi connectivity index (χ2n) is 9.07. The van der Waals surface area contributed by atoms with E-state index in [9.17, 15) is 14.4 Å². The second kappa shape index (κ2) is 8.03. The van der Waals surface area contributed by atoms with Gasteiger partial charge in [0.05, 0.1) is 11.8 Å². The Bertz CT molecular complexity index is 883. The molecule has 2 aliphatic heterocycles. The number of ether oxygens (including phenoxy) is 3. The monoisotopic (exact) mass is 539 g/mol. The summed E-state index contributed by atoms with van der Waals surface area (Å²) in [5, 5.41) is 3.33. The van der Waals surface area contributed by atoms with Crippen LogP contribution in [0.1, 0.15) is 31.7 Å². The molecule has 166 valence electrons. The predicted octanol–water partition coefficient (Wildman–Crippen LogP) is 2.35. The molecule has 7 nitrogen and oxygen atoms in total. The maximum atomic E-state index is 13.6. The summed E-state index contributed by atoms with van der Waals surface area (Å²) in [6.07, 6.45) is 0.982. The first-order chi connectivity index (χ1) is 14.9. The zero-order valence-corrected chi connectivity index (χ0v) is 19.4. The summed E-state index contributed by atoms with van der Waals surface area (Å²) >= 11 is 2.00. The summed E-state index contributed by atoms with van der Waals surface area (Å²) in [7, 11) is 0. The first-order valence-corrected chi connectivity index (χ1v) is 12.2. The molecule has 1 aromatic rings. The Balaban J connectivity index is 1.42. The fraction of sp³-hybridized carbons (Fsp3) is 0.609. The molecule has 0 spiro atoms. The molecule has 31 heavy (non-hydrogen) atoms. The second-order valence-corrected chi connectivity index (χ2v) is 10.9. The number of halogens is 1. The molecule has 1 N–H and O–H groups in total. The van der Waals surface area contributed by atoms with Gasteiger partial charge in [0.2, 0.25) is 0 Å². The van der Waals surface area contributed by atoms with E-state index in [-0.39, 0.29) is 33.7 Å². The minimum absolute atomic E-state index is 0.0851. The van der Waals surface area contributed by atoms with Crippen LogP contribution in [0.4, 0.5) is 0 Å². The lowest BCUT2D eigenvalue weighted by Gasteiger charge is -2.39. The molecule has 1 aromatic carbocycles. The maximum absolute atomic E-state index is 13.6. The molecular weight excluding hydrogens is 513 g/mol. The number of piperidine rings is 1. The average molecular weight is 539 g/mol. The van der Waals surface area contributed by atoms with E-state index in [1.54, 1.807) is 6.92 Å². The predicted molar refractivity (Wildman–Crippen MR) is 118 cm³/mol. The van der Waals surface area contributed by atoms with Gasteiger partial charge in [0, 0.05) is 24.7 Å². The van der Waals surface area contributed by atoms with E-state index in [2.05, 4.69) is 5.32 Å². The van der Waals surface area contributed by atoms with Crippen molar-refractivity contribution >= 4 is 40.5 Å². The Kier molecular flexibility index (Phi) is 5.48. The molecule has 0 aromatic heterocycles. The molecule has 5 rings (SSSR count). The topological polar surface area (TPSA) is 90.9 Å². The van der Waals surface area contributed by atoms with Crippen molar-refractivity contribution in [1.29, 1.82) is 0 Å². The van der Waals surface area contributed by atoms with Crippen molar-refractivity contribution in [3.8, 4) is 0 Å². The SMILES string of the molecule is CC(I)C(=O)OC1C2CC3C1OC(=O)C3C2C(=O)OC1(c2ccccc2)CCNCC1. The third kappa shape index (κ3) is 3.46. The van der Waals surface area contributed by atoms with Crippen LogP contribution in [-0.2, 0) is 34.2 Å². The number of fused-ring (bicyclic) bond motifs is 1. The van der Waals surface area contributed by atoms with Gasteiger partial charge in [-0.2, -0.15) is 0 Å². The van der Waals surface area contributed by atoms with Crippen LogP contribution in [0.5, 0.6) is 0 Å². The zero-order valence-electron chi connectivity index (χ0n) is 17.3. The third-order valence-corrected chi connectivity index (χ3v) is 7.91. The molecule has 4 aliphatic rings. The molecule has 2 saturated heterocycles. The first kappa shape index (κ1) is 21.2. The minimum Gasteiger partial charge on any atom is -0.458 e. The van der Waals surface area contributed by atoms with Crippen molar-refractivity contribution in [2.24, 2.45) is 23.7 Å². The lowest BCUT2D eigenvalue weighted by Crippen LogP contribution is -2.48. The molecule has 7 atom stereocenters. The highest BCUT2D eigenvalue weighted by Gasteiger charge is 2.70. The molecular formula is C23H26INO6. The van der Waals surface area contributed by atoms with Gasteiger partial charge in [-0.05, 0) is 32.0 Å². The van der Waals surface area contributed by atoms with E-state index in [1.807, 2.05) is 52.9 Å². The largest absolute Gasteiger partial charge is 0.458 e. The Morgan fingerprint density at radius 2 is 1.90 bits per heavy atom. The Morgan fingerprint density at radius 3 is 2.58 bits per heavy atom. The first-order valence-electron chi connectivity index (χ1n) is 11.0. The van der Waals surface area contributed by atoms with Gasteiger partial charge in [0.15, 0.2) is 0 Å². The highest BCUT2D eigenvalue weighted by atomic mass is 127. The van der Waals surface area contributed by atoms with E-state index in [4.69, 9.17) is 14.2 Å². The molecule has 2 heterocycles. The van der Waals surface area contributed by atoms with Crippen LogP contribution in [0.2, 0.25) is 0 Å². The van der Waals surface area contributed by atoms with Crippen molar-refractivity contribution < 1.29 is 28.6 Å². The standard InChI is InChI=1S/C23H26INO6/c1-12(24)20(26)29-18-15-11-14-16(21(27)30-19(14)18)17(15)22(28)31-23(7-9-25-10-8-23)13-5-3-2-4-6-13/h2-6,12,14-19,25H,7-11H2,1H3. The van der Waals surface area contributed by atoms with Gasteiger partial charge in [-0.1, -0.05) is 52.9 Å². The smallest absolute Gasteiger partial charge is 0.319 e.